The fraction of sp³-hybridized carbons (Fsp3) is 0.350. The highest BCUT2D eigenvalue weighted by atomic mass is 32.1. The molecule has 0 spiro atoms. The molecule has 0 unspecified atom stereocenters. The van der Waals surface area contributed by atoms with Gasteiger partial charge in [-0.1, -0.05) is 13.3 Å². The van der Waals surface area contributed by atoms with Crippen LogP contribution in [0.3, 0.4) is 0 Å². The van der Waals surface area contributed by atoms with E-state index in [1.807, 2.05) is 13.0 Å². The lowest BCUT2D eigenvalue weighted by Crippen LogP contribution is -2.46. The minimum absolute atomic E-state index is 0.260. The number of unbranched alkanes of at least 4 members (excludes halogenated alkanes) is 1. The summed E-state index contributed by atoms with van der Waals surface area (Å²) in [7, 11) is 1.49. The molecule has 1 heterocycles. The molecule has 3 N–H and O–H groups in total. The molecule has 156 valence electrons. The van der Waals surface area contributed by atoms with Gasteiger partial charge in [0.2, 0.25) is 0 Å². The van der Waals surface area contributed by atoms with Gasteiger partial charge in [0.1, 0.15) is 0 Å². The van der Waals surface area contributed by atoms with Crippen molar-refractivity contribution in [2.45, 2.75) is 26.7 Å². The van der Waals surface area contributed by atoms with Crippen molar-refractivity contribution in [2.24, 2.45) is 0 Å². The Kier molecular flexibility index (Phi) is 8.47. The summed E-state index contributed by atoms with van der Waals surface area (Å²) in [6, 6.07) is 8.27. The van der Waals surface area contributed by atoms with E-state index in [0.29, 0.717) is 28.5 Å². The number of hydrogen-bond acceptors (Lipinski definition) is 6. The van der Waals surface area contributed by atoms with E-state index in [0.717, 1.165) is 17.7 Å². The third kappa shape index (κ3) is 6.79. The number of rotatable bonds is 9. The molecule has 0 bridgehead atoms. The van der Waals surface area contributed by atoms with Gasteiger partial charge in [0.25, 0.3) is 17.7 Å². The van der Waals surface area contributed by atoms with Gasteiger partial charge in [-0.3, -0.25) is 25.2 Å². The number of nitrogens with one attached hydrogen (secondary N) is 3. The minimum atomic E-state index is -0.550. The Morgan fingerprint density at radius 1 is 1.03 bits per heavy atom. The fourth-order valence-electron chi connectivity index (χ4n) is 2.30. The van der Waals surface area contributed by atoms with Crippen LogP contribution in [0.2, 0.25) is 0 Å². The average molecular weight is 420 g/mol. The Balaban J connectivity index is 1.83. The van der Waals surface area contributed by atoms with Gasteiger partial charge >= 0.3 is 0 Å². The van der Waals surface area contributed by atoms with E-state index in [4.69, 9.17) is 9.47 Å². The molecule has 0 aliphatic heterocycles. The largest absolute Gasteiger partial charge is 0.493 e. The molecule has 0 saturated carbocycles. The minimum Gasteiger partial charge on any atom is -0.493 e. The van der Waals surface area contributed by atoms with Crippen molar-refractivity contribution in [3.63, 3.8) is 0 Å². The van der Waals surface area contributed by atoms with Crippen molar-refractivity contribution < 1.29 is 23.9 Å². The van der Waals surface area contributed by atoms with Crippen LogP contribution in [0.25, 0.3) is 0 Å². The summed E-state index contributed by atoms with van der Waals surface area (Å²) in [5, 5.41) is 2.50. The fourth-order valence-corrected chi connectivity index (χ4v) is 3.09. The molecule has 0 fully saturated rings. The number of benzene rings is 1. The first-order valence-electron chi connectivity index (χ1n) is 9.19. The van der Waals surface area contributed by atoms with Crippen LogP contribution >= 0.6 is 11.3 Å². The number of carbonyl (C=O) groups excluding carboxylic acids is 3. The van der Waals surface area contributed by atoms with Gasteiger partial charge in [0.15, 0.2) is 11.5 Å². The molecule has 2 rings (SSSR count). The standard InChI is InChI=1S/C20H25N3O5S/c1-4-5-10-28-15-8-7-14(11-16(15)27-3)19(25)23-22-18(24)12-21-20(26)17-9-6-13(2)29-17/h6-9,11H,4-5,10,12H2,1-3H3,(H,21,26)(H,22,24)(H,23,25). The highest BCUT2D eigenvalue weighted by Gasteiger charge is 2.13. The van der Waals surface area contributed by atoms with Crippen molar-refractivity contribution in [1.82, 2.24) is 16.2 Å². The van der Waals surface area contributed by atoms with Crippen LogP contribution in [0.1, 0.15) is 44.7 Å². The first kappa shape index (κ1) is 22.2. The number of aryl methyl sites for hydroxylation is 1. The summed E-state index contributed by atoms with van der Waals surface area (Å²) in [4.78, 5) is 37.6. The number of hydrazine groups is 1. The zero-order chi connectivity index (χ0) is 21.2. The van der Waals surface area contributed by atoms with Crippen LogP contribution in [0.5, 0.6) is 11.5 Å². The normalized spacial score (nSPS) is 10.2. The number of carbonyl (C=O) groups is 3. The first-order valence-corrected chi connectivity index (χ1v) is 10.0. The van der Waals surface area contributed by atoms with Gasteiger partial charge in [-0.05, 0) is 43.7 Å². The first-order chi connectivity index (χ1) is 13.9. The second-order valence-electron chi connectivity index (χ2n) is 6.16. The SMILES string of the molecule is CCCCOc1ccc(C(=O)NNC(=O)CNC(=O)c2ccc(C)s2)cc1OC. The van der Waals surface area contributed by atoms with E-state index in [1.54, 1.807) is 18.2 Å². The van der Waals surface area contributed by atoms with Crippen LogP contribution < -0.4 is 25.6 Å². The molecule has 1 aromatic carbocycles. The zero-order valence-corrected chi connectivity index (χ0v) is 17.5. The molecule has 0 atom stereocenters. The Morgan fingerprint density at radius 2 is 1.83 bits per heavy atom. The van der Waals surface area contributed by atoms with E-state index in [2.05, 4.69) is 23.1 Å². The second-order valence-corrected chi connectivity index (χ2v) is 7.45. The Labute approximate surface area is 173 Å². The quantitative estimate of drug-likeness (QED) is 0.428. The van der Waals surface area contributed by atoms with Crippen molar-refractivity contribution in [2.75, 3.05) is 20.3 Å². The number of amides is 3. The molecule has 0 saturated heterocycles. The summed E-state index contributed by atoms with van der Waals surface area (Å²) in [5.74, 6) is -0.428. The second kappa shape index (κ2) is 11.1. The van der Waals surface area contributed by atoms with E-state index in [9.17, 15) is 14.4 Å². The molecule has 0 aliphatic rings. The van der Waals surface area contributed by atoms with Crippen molar-refractivity contribution in [1.29, 1.82) is 0 Å². The molecular formula is C20H25N3O5S. The van der Waals surface area contributed by atoms with E-state index in [-0.39, 0.29) is 12.5 Å². The van der Waals surface area contributed by atoms with Crippen molar-refractivity contribution >= 4 is 29.1 Å². The van der Waals surface area contributed by atoms with Crippen LogP contribution in [-0.2, 0) is 4.79 Å². The van der Waals surface area contributed by atoms with Gasteiger partial charge in [-0.25, -0.2) is 0 Å². The van der Waals surface area contributed by atoms with Crippen molar-refractivity contribution in [3.8, 4) is 11.5 Å². The highest BCUT2D eigenvalue weighted by molar-refractivity contribution is 7.13. The predicted molar refractivity (Wildman–Crippen MR) is 110 cm³/mol. The highest BCUT2D eigenvalue weighted by Crippen LogP contribution is 2.28. The molecule has 8 nitrogen and oxygen atoms in total. The molecular weight excluding hydrogens is 394 g/mol. The smallest absolute Gasteiger partial charge is 0.269 e. The molecule has 3 amide bonds. The third-order valence-corrected chi connectivity index (χ3v) is 4.87. The molecule has 0 aliphatic carbocycles. The van der Waals surface area contributed by atoms with Crippen LogP contribution in [-0.4, -0.2) is 38.0 Å². The number of methoxy groups -OCH3 is 1. The molecule has 2 aromatic rings. The summed E-state index contributed by atoms with van der Waals surface area (Å²) < 4.78 is 10.9. The summed E-state index contributed by atoms with van der Waals surface area (Å²) in [5.41, 5.74) is 4.87. The number of hydrogen-bond donors (Lipinski definition) is 3. The van der Waals surface area contributed by atoms with Crippen LogP contribution in [0.4, 0.5) is 0 Å². The Hall–Kier alpha value is -3.07. The molecule has 9 heteroatoms. The van der Waals surface area contributed by atoms with Gasteiger partial charge < -0.3 is 14.8 Å². The van der Waals surface area contributed by atoms with E-state index >= 15 is 0 Å². The van der Waals surface area contributed by atoms with Crippen LogP contribution in [0.15, 0.2) is 30.3 Å². The van der Waals surface area contributed by atoms with E-state index in [1.165, 1.54) is 24.5 Å². The average Bonchev–Trinajstić information content (AvgIpc) is 3.16. The van der Waals surface area contributed by atoms with Gasteiger partial charge in [0.05, 0.1) is 25.1 Å². The van der Waals surface area contributed by atoms with Gasteiger partial charge in [-0.2, -0.15) is 0 Å². The van der Waals surface area contributed by atoms with Gasteiger partial charge in [0, 0.05) is 10.4 Å². The monoisotopic (exact) mass is 419 g/mol. The number of ether oxygens (including phenoxy) is 2. The summed E-state index contributed by atoms with van der Waals surface area (Å²) in [6.07, 6.45) is 1.93. The lowest BCUT2D eigenvalue weighted by molar-refractivity contribution is -0.120. The topological polar surface area (TPSA) is 106 Å². The maximum Gasteiger partial charge on any atom is 0.269 e. The number of thiophene rings is 1. The lowest BCUT2D eigenvalue weighted by atomic mass is 10.2. The maximum atomic E-state index is 12.2. The van der Waals surface area contributed by atoms with E-state index < -0.39 is 11.8 Å². The summed E-state index contributed by atoms with van der Waals surface area (Å²) in [6.45, 7) is 4.26. The Bertz CT molecular complexity index is 866. The lowest BCUT2D eigenvalue weighted by Gasteiger charge is -2.12. The predicted octanol–water partition coefficient (Wildman–Crippen LogP) is 2.44. The third-order valence-electron chi connectivity index (χ3n) is 3.87. The van der Waals surface area contributed by atoms with Crippen molar-refractivity contribution in [3.05, 3.63) is 45.6 Å². The van der Waals surface area contributed by atoms with Gasteiger partial charge in [-0.15, -0.1) is 11.3 Å². The molecule has 1 aromatic heterocycles. The molecule has 29 heavy (non-hydrogen) atoms. The maximum absolute atomic E-state index is 12.2. The van der Waals surface area contributed by atoms with Crippen LogP contribution in [0, 0.1) is 6.92 Å². The Morgan fingerprint density at radius 3 is 2.48 bits per heavy atom. The zero-order valence-electron chi connectivity index (χ0n) is 16.7. The molecule has 0 radical (unpaired) electrons. The summed E-state index contributed by atoms with van der Waals surface area (Å²) >= 11 is 1.34.